The molecule has 0 bridgehead atoms. The standard InChI is InChI=1S/C25H19F3N2O3/c1-32-21-12-10-16(14-22(21)33-2)11-13-23-29-20-9-4-3-8-19(20)24(31)30(23)18-7-5-6-17(15-18)25(26,27)28/h3-15H,1-2H3/b13-11+. The van der Waals surface area contributed by atoms with Crippen LogP contribution in [0, 0.1) is 0 Å². The SMILES string of the molecule is COc1ccc(/C=C/c2nc3ccccc3c(=O)n2-c2cccc(C(F)(F)F)c2)cc1OC. The topological polar surface area (TPSA) is 53.3 Å². The Morgan fingerprint density at radius 2 is 1.64 bits per heavy atom. The second-order valence-corrected chi connectivity index (χ2v) is 7.12. The highest BCUT2D eigenvalue weighted by Crippen LogP contribution is 2.31. The molecule has 0 aliphatic rings. The normalized spacial score (nSPS) is 11.8. The summed E-state index contributed by atoms with van der Waals surface area (Å²) >= 11 is 0. The quantitative estimate of drug-likeness (QED) is 0.396. The highest BCUT2D eigenvalue weighted by atomic mass is 19.4. The summed E-state index contributed by atoms with van der Waals surface area (Å²) in [5.74, 6) is 1.26. The van der Waals surface area contributed by atoms with Crippen molar-refractivity contribution in [3.8, 4) is 17.2 Å². The second kappa shape index (κ2) is 8.82. The van der Waals surface area contributed by atoms with E-state index in [2.05, 4.69) is 4.98 Å². The molecule has 4 rings (SSSR count). The third-order valence-corrected chi connectivity index (χ3v) is 5.07. The van der Waals surface area contributed by atoms with Gasteiger partial charge in [0.15, 0.2) is 11.5 Å². The van der Waals surface area contributed by atoms with Gasteiger partial charge in [-0.3, -0.25) is 9.36 Å². The van der Waals surface area contributed by atoms with Crippen LogP contribution in [0.2, 0.25) is 0 Å². The smallest absolute Gasteiger partial charge is 0.416 e. The average molecular weight is 452 g/mol. The van der Waals surface area contributed by atoms with E-state index >= 15 is 0 Å². The van der Waals surface area contributed by atoms with Gasteiger partial charge in [-0.15, -0.1) is 0 Å². The largest absolute Gasteiger partial charge is 0.493 e. The molecular weight excluding hydrogens is 433 g/mol. The number of ether oxygens (including phenoxy) is 2. The van der Waals surface area contributed by atoms with Crippen LogP contribution in [0.5, 0.6) is 11.5 Å². The van der Waals surface area contributed by atoms with E-state index in [-0.39, 0.29) is 11.5 Å². The Morgan fingerprint density at radius 1 is 0.879 bits per heavy atom. The maximum atomic E-state index is 13.3. The minimum Gasteiger partial charge on any atom is -0.493 e. The van der Waals surface area contributed by atoms with E-state index in [1.165, 1.54) is 30.9 Å². The molecule has 3 aromatic carbocycles. The summed E-state index contributed by atoms with van der Waals surface area (Å²) in [5.41, 5.74) is -0.0786. The summed E-state index contributed by atoms with van der Waals surface area (Å²) in [5, 5.41) is 0.304. The summed E-state index contributed by atoms with van der Waals surface area (Å²) in [6.07, 6.45) is -1.27. The van der Waals surface area contributed by atoms with Gasteiger partial charge in [-0.2, -0.15) is 13.2 Å². The summed E-state index contributed by atoms with van der Waals surface area (Å²) < 4.78 is 51.6. The Balaban J connectivity index is 1.90. The number of para-hydroxylation sites is 1. The fraction of sp³-hybridized carbons (Fsp3) is 0.120. The number of fused-ring (bicyclic) bond motifs is 1. The highest BCUT2D eigenvalue weighted by Gasteiger charge is 2.30. The molecular formula is C25H19F3N2O3. The maximum Gasteiger partial charge on any atom is 0.416 e. The second-order valence-electron chi connectivity index (χ2n) is 7.12. The molecule has 1 heterocycles. The number of hydrogen-bond donors (Lipinski definition) is 0. The van der Waals surface area contributed by atoms with Crippen LogP contribution in [0.4, 0.5) is 13.2 Å². The predicted octanol–water partition coefficient (Wildman–Crippen LogP) is 5.59. The Labute approximate surface area is 187 Å². The van der Waals surface area contributed by atoms with Gasteiger partial charge in [0, 0.05) is 0 Å². The number of methoxy groups -OCH3 is 2. The van der Waals surface area contributed by atoms with E-state index in [4.69, 9.17) is 9.47 Å². The number of benzene rings is 3. The van der Waals surface area contributed by atoms with Crippen molar-refractivity contribution in [3.63, 3.8) is 0 Å². The number of hydrogen-bond acceptors (Lipinski definition) is 4. The number of alkyl halides is 3. The van der Waals surface area contributed by atoms with Gasteiger partial charge in [0.05, 0.1) is 36.4 Å². The molecule has 0 saturated heterocycles. The molecule has 0 aliphatic heterocycles. The molecule has 0 fully saturated rings. The fourth-order valence-corrected chi connectivity index (χ4v) is 3.46. The molecule has 4 aromatic rings. The first-order chi connectivity index (χ1) is 15.8. The first-order valence-corrected chi connectivity index (χ1v) is 9.91. The maximum absolute atomic E-state index is 13.3. The van der Waals surface area contributed by atoms with Crippen LogP contribution in [-0.2, 0) is 6.18 Å². The molecule has 5 nitrogen and oxygen atoms in total. The molecule has 8 heteroatoms. The van der Waals surface area contributed by atoms with Gasteiger partial charge in [0.2, 0.25) is 0 Å². The first-order valence-electron chi connectivity index (χ1n) is 9.91. The van der Waals surface area contributed by atoms with E-state index in [1.807, 2.05) is 0 Å². The molecule has 1 aromatic heterocycles. The van der Waals surface area contributed by atoms with Gasteiger partial charge in [0.1, 0.15) is 5.82 Å². The number of rotatable bonds is 5. The third kappa shape index (κ3) is 4.45. The molecule has 0 radical (unpaired) electrons. The molecule has 0 atom stereocenters. The van der Waals surface area contributed by atoms with Crippen molar-refractivity contribution in [2.24, 2.45) is 0 Å². The Kier molecular flexibility index (Phi) is 5.91. The summed E-state index contributed by atoms with van der Waals surface area (Å²) in [7, 11) is 3.04. The zero-order chi connectivity index (χ0) is 23.6. The summed E-state index contributed by atoms with van der Waals surface area (Å²) in [6, 6.07) is 16.6. The van der Waals surface area contributed by atoms with E-state index in [9.17, 15) is 18.0 Å². The van der Waals surface area contributed by atoms with Crippen molar-refractivity contribution in [1.82, 2.24) is 9.55 Å². The van der Waals surface area contributed by atoms with Crippen molar-refractivity contribution < 1.29 is 22.6 Å². The fourth-order valence-electron chi connectivity index (χ4n) is 3.46. The Morgan fingerprint density at radius 3 is 2.36 bits per heavy atom. The van der Waals surface area contributed by atoms with Crippen molar-refractivity contribution in [1.29, 1.82) is 0 Å². The van der Waals surface area contributed by atoms with E-state index in [0.717, 1.165) is 17.7 Å². The summed E-state index contributed by atoms with van der Waals surface area (Å²) in [4.78, 5) is 17.8. The van der Waals surface area contributed by atoms with Gasteiger partial charge < -0.3 is 9.47 Å². The van der Waals surface area contributed by atoms with Gasteiger partial charge >= 0.3 is 6.18 Å². The van der Waals surface area contributed by atoms with E-state index < -0.39 is 17.3 Å². The van der Waals surface area contributed by atoms with Gasteiger partial charge in [-0.1, -0.05) is 30.3 Å². The zero-order valence-electron chi connectivity index (χ0n) is 17.8. The van der Waals surface area contributed by atoms with Gasteiger partial charge in [0.25, 0.3) is 5.56 Å². The molecule has 0 N–H and O–H groups in total. The molecule has 0 amide bonds. The minimum absolute atomic E-state index is 0.0695. The Bertz CT molecular complexity index is 1410. The molecule has 168 valence electrons. The van der Waals surface area contributed by atoms with Gasteiger partial charge in [-0.25, -0.2) is 4.98 Å². The van der Waals surface area contributed by atoms with Crippen LogP contribution in [0.1, 0.15) is 17.0 Å². The van der Waals surface area contributed by atoms with Crippen LogP contribution in [0.25, 0.3) is 28.7 Å². The van der Waals surface area contributed by atoms with Crippen LogP contribution in [0.3, 0.4) is 0 Å². The van der Waals surface area contributed by atoms with Crippen LogP contribution in [0.15, 0.2) is 71.5 Å². The van der Waals surface area contributed by atoms with Crippen molar-refractivity contribution >= 4 is 23.1 Å². The minimum atomic E-state index is -4.54. The number of aromatic nitrogens is 2. The van der Waals surface area contributed by atoms with E-state index in [0.29, 0.717) is 22.4 Å². The molecule has 0 saturated carbocycles. The number of nitrogens with zero attached hydrogens (tertiary/aromatic N) is 2. The lowest BCUT2D eigenvalue weighted by atomic mass is 10.1. The molecule has 0 spiro atoms. The molecule has 33 heavy (non-hydrogen) atoms. The van der Waals surface area contributed by atoms with Gasteiger partial charge in [-0.05, 0) is 54.1 Å². The average Bonchev–Trinajstić information content (AvgIpc) is 2.82. The van der Waals surface area contributed by atoms with Crippen LogP contribution < -0.4 is 15.0 Å². The van der Waals surface area contributed by atoms with Crippen LogP contribution >= 0.6 is 0 Å². The number of halogens is 3. The van der Waals surface area contributed by atoms with Crippen molar-refractivity contribution in [2.45, 2.75) is 6.18 Å². The lowest BCUT2D eigenvalue weighted by Crippen LogP contribution is -2.22. The molecule has 0 aliphatic carbocycles. The zero-order valence-corrected chi connectivity index (χ0v) is 17.8. The monoisotopic (exact) mass is 452 g/mol. The Hall–Kier alpha value is -4.07. The molecule has 0 unspecified atom stereocenters. The lowest BCUT2D eigenvalue weighted by Gasteiger charge is -2.14. The lowest BCUT2D eigenvalue weighted by molar-refractivity contribution is -0.137. The van der Waals surface area contributed by atoms with Crippen LogP contribution in [-0.4, -0.2) is 23.8 Å². The van der Waals surface area contributed by atoms with E-state index in [1.54, 1.807) is 54.6 Å². The summed E-state index contributed by atoms with van der Waals surface area (Å²) in [6.45, 7) is 0. The van der Waals surface area contributed by atoms with Crippen molar-refractivity contribution in [2.75, 3.05) is 14.2 Å². The van der Waals surface area contributed by atoms with Crippen molar-refractivity contribution in [3.05, 3.63) is 94.0 Å². The highest BCUT2D eigenvalue weighted by molar-refractivity contribution is 5.80. The predicted molar refractivity (Wildman–Crippen MR) is 121 cm³/mol. The first kappa shape index (κ1) is 22.1. The third-order valence-electron chi connectivity index (χ3n) is 5.07.